The number of fused-ring (bicyclic) bond motifs is 1. The lowest BCUT2D eigenvalue weighted by Gasteiger charge is -2.23. The Bertz CT molecular complexity index is 1090. The van der Waals surface area contributed by atoms with Crippen LogP contribution in [0.25, 0.3) is 0 Å². The molecule has 1 heterocycles. The molecule has 0 aromatic heterocycles. The van der Waals surface area contributed by atoms with Crippen molar-refractivity contribution in [2.75, 3.05) is 19.4 Å². The van der Waals surface area contributed by atoms with Gasteiger partial charge in [0.25, 0.3) is 5.91 Å². The van der Waals surface area contributed by atoms with Crippen LogP contribution in [0.3, 0.4) is 0 Å². The summed E-state index contributed by atoms with van der Waals surface area (Å²) < 4.78 is 30.8. The average molecular weight is 478 g/mol. The average Bonchev–Trinajstić information content (AvgIpc) is 3.03. The molecule has 1 aliphatic carbocycles. The Morgan fingerprint density at radius 3 is 2.21 bits per heavy atom. The maximum absolute atomic E-state index is 12.6. The predicted octanol–water partition coefficient (Wildman–Crippen LogP) is 1.15. The number of hydrogen-bond donors (Lipinski definition) is 1. The molecule has 0 bridgehead atoms. The van der Waals surface area contributed by atoms with Crippen molar-refractivity contribution in [3.8, 4) is 0 Å². The summed E-state index contributed by atoms with van der Waals surface area (Å²) in [5.41, 5.74) is 0.209. The topological polar surface area (TPSA) is 130 Å². The van der Waals surface area contributed by atoms with Gasteiger partial charge >= 0.3 is 5.97 Å². The Balaban J connectivity index is 1.64. The van der Waals surface area contributed by atoms with Crippen molar-refractivity contribution in [3.63, 3.8) is 0 Å². The Morgan fingerprint density at radius 1 is 1.09 bits per heavy atom. The maximum atomic E-state index is 12.6. The van der Waals surface area contributed by atoms with Crippen LogP contribution in [0, 0.1) is 11.8 Å². The minimum Gasteiger partial charge on any atom is -0.451 e. The third-order valence-electron chi connectivity index (χ3n) is 5.81. The van der Waals surface area contributed by atoms with Crippen LogP contribution in [0.4, 0.5) is 5.69 Å². The summed E-state index contributed by atoms with van der Waals surface area (Å²) in [6.45, 7) is 2.74. The lowest BCUT2D eigenvalue weighted by Crippen LogP contribution is -2.46. The number of sulfonamides is 1. The number of ether oxygens (including phenoxy) is 1. The van der Waals surface area contributed by atoms with Crippen LogP contribution >= 0.6 is 0 Å². The molecule has 0 saturated carbocycles. The van der Waals surface area contributed by atoms with Gasteiger partial charge in [0, 0.05) is 19.8 Å². The van der Waals surface area contributed by atoms with Crippen molar-refractivity contribution < 1.29 is 32.3 Å². The summed E-state index contributed by atoms with van der Waals surface area (Å²) in [6, 6.07) is 4.50. The van der Waals surface area contributed by atoms with E-state index in [4.69, 9.17) is 4.74 Å². The van der Waals surface area contributed by atoms with E-state index in [-0.39, 0.29) is 10.6 Å². The normalized spacial score (nSPS) is 22.2. The van der Waals surface area contributed by atoms with Gasteiger partial charge in [0.05, 0.1) is 16.7 Å². The highest BCUT2D eigenvalue weighted by Crippen LogP contribution is 2.36. The number of allylic oxidation sites excluding steroid dienone is 2. The Morgan fingerprint density at radius 2 is 1.67 bits per heavy atom. The molecule has 1 N–H and O–H groups in total. The molecule has 3 amide bonds. The van der Waals surface area contributed by atoms with Gasteiger partial charge in [-0.15, -0.1) is 0 Å². The van der Waals surface area contributed by atoms with E-state index in [1.54, 1.807) is 0 Å². The van der Waals surface area contributed by atoms with Crippen molar-refractivity contribution in [1.82, 2.24) is 9.21 Å². The minimum absolute atomic E-state index is 0.00872. The van der Waals surface area contributed by atoms with Gasteiger partial charge < -0.3 is 10.1 Å². The zero-order chi connectivity index (χ0) is 24.5. The number of carbonyl (C=O) groups excluding carboxylic acids is 4. The Labute approximate surface area is 192 Å². The van der Waals surface area contributed by atoms with Gasteiger partial charge in [-0.3, -0.25) is 19.3 Å². The van der Waals surface area contributed by atoms with Gasteiger partial charge in [0.1, 0.15) is 6.04 Å². The molecule has 178 valence electrons. The fraction of sp³-hybridized carbons (Fsp3) is 0.455. The highest BCUT2D eigenvalue weighted by atomic mass is 32.2. The number of benzene rings is 1. The Hall–Kier alpha value is -3.05. The molecule has 3 rings (SSSR count). The molecule has 1 saturated heterocycles. The monoisotopic (exact) mass is 477 g/mol. The quantitative estimate of drug-likeness (QED) is 0.354. The number of rotatable bonds is 7. The number of amides is 3. The zero-order valence-corrected chi connectivity index (χ0v) is 19.7. The van der Waals surface area contributed by atoms with Gasteiger partial charge in [-0.1, -0.05) is 18.2 Å². The van der Waals surface area contributed by atoms with Gasteiger partial charge in [0.2, 0.25) is 21.8 Å². The fourth-order valence-corrected chi connectivity index (χ4v) is 4.78. The maximum Gasteiger partial charge on any atom is 0.329 e. The van der Waals surface area contributed by atoms with Gasteiger partial charge in [-0.25, -0.2) is 17.5 Å². The molecule has 4 atom stereocenters. The number of hydrogen-bond acceptors (Lipinski definition) is 7. The zero-order valence-electron chi connectivity index (χ0n) is 18.8. The molecular weight excluding hydrogens is 450 g/mol. The summed E-state index contributed by atoms with van der Waals surface area (Å²) in [5.74, 6) is -3.32. The first kappa shape index (κ1) is 24.6. The minimum atomic E-state index is -3.69. The van der Waals surface area contributed by atoms with E-state index in [1.165, 1.54) is 52.2 Å². The van der Waals surface area contributed by atoms with Crippen LogP contribution in [0.15, 0.2) is 41.3 Å². The van der Waals surface area contributed by atoms with E-state index in [1.807, 2.05) is 12.2 Å². The first-order chi connectivity index (χ1) is 15.4. The largest absolute Gasteiger partial charge is 0.451 e. The molecular formula is C22H27N3O7S. The second kappa shape index (κ2) is 9.44. The number of likely N-dealkylation sites (tertiary alicyclic amines) is 1. The molecule has 0 unspecified atom stereocenters. The predicted molar refractivity (Wildman–Crippen MR) is 118 cm³/mol. The van der Waals surface area contributed by atoms with E-state index in [9.17, 15) is 27.6 Å². The Kier molecular flexibility index (Phi) is 7.03. The molecule has 1 aliphatic heterocycles. The lowest BCUT2D eigenvalue weighted by atomic mass is 9.85. The lowest BCUT2D eigenvalue weighted by molar-refractivity contribution is -0.163. The SMILES string of the molecule is C[C@H](OC(=O)[C@H](C)N1C(=O)[C@H]2CC=CC[C@@H]2C1=O)C(=O)Nc1cccc(S(=O)(=O)N(C)C)c1. The molecule has 1 aromatic rings. The van der Waals surface area contributed by atoms with Crippen LogP contribution in [0.2, 0.25) is 0 Å². The van der Waals surface area contributed by atoms with Gasteiger partial charge in [-0.2, -0.15) is 0 Å². The molecule has 2 aliphatic rings. The standard InChI is InChI=1S/C22H27N3O7S/c1-13(25-20(27)17-10-5-6-11-18(17)21(25)28)22(29)32-14(2)19(26)23-15-8-7-9-16(12-15)33(30,31)24(3)4/h5-9,12-14,17-18H,10-11H2,1-4H3,(H,23,26)/t13-,14-,17-,18-/m0/s1. The number of imide groups is 1. The van der Waals surface area contributed by atoms with Crippen LogP contribution in [-0.4, -0.2) is 67.6 Å². The summed E-state index contributed by atoms with van der Waals surface area (Å²) in [4.78, 5) is 51.3. The van der Waals surface area contributed by atoms with Crippen molar-refractivity contribution in [1.29, 1.82) is 0 Å². The van der Waals surface area contributed by atoms with Crippen LogP contribution in [0.5, 0.6) is 0 Å². The molecule has 1 aromatic carbocycles. The fourth-order valence-electron chi connectivity index (χ4n) is 3.83. The molecule has 11 heteroatoms. The number of carbonyl (C=O) groups is 4. The van der Waals surface area contributed by atoms with E-state index >= 15 is 0 Å². The number of nitrogens with zero attached hydrogens (tertiary/aromatic N) is 2. The van der Waals surface area contributed by atoms with Gasteiger partial charge in [-0.05, 0) is 44.9 Å². The molecule has 0 spiro atoms. The van der Waals surface area contributed by atoms with Crippen LogP contribution in [0.1, 0.15) is 26.7 Å². The number of nitrogens with one attached hydrogen (secondary N) is 1. The van der Waals surface area contributed by atoms with E-state index in [0.29, 0.717) is 12.8 Å². The van der Waals surface area contributed by atoms with Crippen LogP contribution < -0.4 is 5.32 Å². The van der Waals surface area contributed by atoms with Gasteiger partial charge in [0.15, 0.2) is 6.10 Å². The second-order valence-electron chi connectivity index (χ2n) is 8.26. The first-order valence-electron chi connectivity index (χ1n) is 10.5. The summed E-state index contributed by atoms with van der Waals surface area (Å²) >= 11 is 0. The molecule has 0 radical (unpaired) electrons. The first-order valence-corrected chi connectivity index (χ1v) is 11.9. The molecule has 33 heavy (non-hydrogen) atoms. The third-order valence-corrected chi connectivity index (χ3v) is 7.62. The summed E-state index contributed by atoms with van der Waals surface area (Å²) in [7, 11) is -0.905. The summed E-state index contributed by atoms with van der Waals surface area (Å²) in [6.07, 6.45) is 3.36. The van der Waals surface area contributed by atoms with E-state index in [0.717, 1.165) is 9.21 Å². The smallest absolute Gasteiger partial charge is 0.329 e. The second-order valence-corrected chi connectivity index (χ2v) is 10.4. The van der Waals surface area contributed by atoms with Crippen molar-refractivity contribution >= 4 is 39.4 Å². The highest BCUT2D eigenvalue weighted by Gasteiger charge is 2.50. The summed E-state index contributed by atoms with van der Waals surface area (Å²) in [5, 5.41) is 2.51. The van der Waals surface area contributed by atoms with Crippen molar-refractivity contribution in [2.24, 2.45) is 11.8 Å². The molecule has 10 nitrogen and oxygen atoms in total. The van der Waals surface area contributed by atoms with Crippen LogP contribution in [-0.2, 0) is 33.9 Å². The van der Waals surface area contributed by atoms with Crippen molar-refractivity contribution in [2.45, 2.75) is 43.7 Å². The van der Waals surface area contributed by atoms with E-state index in [2.05, 4.69) is 5.32 Å². The highest BCUT2D eigenvalue weighted by molar-refractivity contribution is 7.89. The molecule has 1 fully saturated rings. The third kappa shape index (κ3) is 4.83. The van der Waals surface area contributed by atoms with E-state index < -0.39 is 57.7 Å². The number of esters is 1. The number of anilines is 1. The van der Waals surface area contributed by atoms with Crippen molar-refractivity contribution in [3.05, 3.63) is 36.4 Å².